The lowest BCUT2D eigenvalue weighted by Gasteiger charge is -2.03. The van der Waals surface area contributed by atoms with Crippen LogP contribution in [-0.4, -0.2) is 15.1 Å². The molecule has 0 radical (unpaired) electrons. The summed E-state index contributed by atoms with van der Waals surface area (Å²) in [7, 11) is 0. The standard InChI is InChI=1S/C12H12N2O2/c1-9-2-4-11(5-3-9)16-12-13-6-10(8-15)7-14-12/h2-7,15H,8H2,1H3. The van der Waals surface area contributed by atoms with Crippen molar-refractivity contribution in [1.82, 2.24) is 9.97 Å². The molecule has 16 heavy (non-hydrogen) atoms. The van der Waals surface area contributed by atoms with E-state index in [4.69, 9.17) is 9.84 Å². The minimum atomic E-state index is -0.0647. The van der Waals surface area contributed by atoms with Gasteiger partial charge >= 0.3 is 6.01 Å². The second kappa shape index (κ2) is 4.72. The van der Waals surface area contributed by atoms with Crippen molar-refractivity contribution >= 4 is 0 Å². The number of aryl methyl sites for hydroxylation is 1. The Balaban J connectivity index is 2.11. The van der Waals surface area contributed by atoms with Crippen molar-refractivity contribution in [3.8, 4) is 11.8 Å². The summed E-state index contributed by atoms with van der Waals surface area (Å²) in [6, 6.07) is 7.91. The fourth-order valence-electron chi connectivity index (χ4n) is 1.19. The van der Waals surface area contributed by atoms with Gasteiger partial charge in [-0.15, -0.1) is 0 Å². The number of nitrogens with zero attached hydrogens (tertiary/aromatic N) is 2. The fourth-order valence-corrected chi connectivity index (χ4v) is 1.19. The number of rotatable bonds is 3. The maximum atomic E-state index is 8.83. The van der Waals surface area contributed by atoms with E-state index in [1.54, 1.807) is 0 Å². The Kier molecular flexibility index (Phi) is 3.12. The molecule has 0 saturated carbocycles. The molecule has 0 fully saturated rings. The molecule has 0 spiro atoms. The Morgan fingerprint density at radius 2 is 1.75 bits per heavy atom. The van der Waals surface area contributed by atoms with Crippen molar-refractivity contribution in [2.45, 2.75) is 13.5 Å². The highest BCUT2D eigenvalue weighted by Crippen LogP contribution is 2.17. The third-order valence-electron chi connectivity index (χ3n) is 2.09. The Morgan fingerprint density at radius 3 is 2.31 bits per heavy atom. The fraction of sp³-hybridized carbons (Fsp3) is 0.167. The van der Waals surface area contributed by atoms with Gasteiger partial charge in [0.2, 0.25) is 0 Å². The van der Waals surface area contributed by atoms with Crippen molar-refractivity contribution in [3.63, 3.8) is 0 Å². The van der Waals surface area contributed by atoms with Gasteiger partial charge in [-0.2, -0.15) is 0 Å². The minimum absolute atomic E-state index is 0.0647. The molecule has 0 amide bonds. The number of hydrogen-bond acceptors (Lipinski definition) is 4. The first kappa shape index (κ1) is 10.6. The summed E-state index contributed by atoms with van der Waals surface area (Å²) in [6.45, 7) is 1.95. The first-order chi connectivity index (χ1) is 7.78. The lowest BCUT2D eigenvalue weighted by molar-refractivity contribution is 0.280. The van der Waals surface area contributed by atoms with E-state index in [1.807, 2.05) is 31.2 Å². The number of aliphatic hydroxyl groups is 1. The number of aromatic nitrogens is 2. The Bertz CT molecular complexity index is 451. The van der Waals surface area contributed by atoms with E-state index in [0.29, 0.717) is 11.3 Å². The van der Waals surface area contributed by atoms with Gasteiger partial charge in [-0.1, -0.05) is 17.7 Å². The van der Waals surface area contributed by atoms with Gasteiger partial charge in [0.05, 0.1) is 6.61 Å². The summed E-state index contributed by atoms with van der Waals surface area (Å²) in [5.41, 5.74) is 1.83. The maximum Gasteiger partial charge on any atom is 0.321 e. The third-order valence-corrected chi connectivity index (χ3v) is 2.09. The van der Waals surface area contributed by atoms with E-state index < -0.39 is 0 Å². The SMILES string of the molecule is Cc1ccc(Oc2ncc(CO)cn2)cc1. The van der Waals surface area contributed by atoms with Crippen molar-refractivity contribution in [1.29, 1.82) is 0 Å². The molecule has 0 aliphatic carbocycles. The van der Waals surface area contributed by atoms with Crippen molar-refractivity contribution < 1.29 is 9.84 Å². The lowest BCUT2D eigenvalue weighted by atomic mass is 10.2. The molecule has 0 bridgehead atoms. The second-order valence-electron chi connectivity index (χ2n) is 3.45. The van der Waals surface area contributed by atoms with E-state index in [-0.39, 0.29) is 12.6 Å². The number of ether oxygens (including phenoxy) is 1. The minimum Gasteiger partial charge on any atom is -0.424 e. The monoisotopic (exact) mass is 216 g/mol. The van der Waals surface area contributed by atoms with Gasteiger partial charge in [-0.05, 0) is 19.1 Å². The molecule has 0 atom stereocenters. The van der Waals surface area contributed by atoms with Crippen LogP contribution in [0.3, 0.4) is 0 Å². The molecule has 1 aromatic heterocycles. The highest BCUT2D eigenvalue weighted by molar-refractivity contribution is 5.28. The Morgan fingerprint density at radius 1 is 1.12 bits per heavy atom. The predicted molar refractivity (Wildman–Crippen MR) is 59.2 cm³/mol. The molecular formula is C12H12N2O2. The Hall–Kier alpha value is -1.94. The predicted octanol–water partition coefficient (Wildman–Crippen LogP) is 2.07. The van der Waals surface area contributed by atoms with E-state index >= 15 is 0 Å². The molecule has 1 N–H and O–H groups in total. The molecule has 0 aliphatic rings. The van der Waals surface area contributed by atoms with Gasteiger partial charge in [0, 0.05) is 18.0 Å². The van der Waals surface area contributed by atoms with Crippen LogP contribution < -0.4 is 4.74 Å². The van der Waals surface area contributed by atoms with Gasteiger partial charge < -0.3 is 9.84 Å². The van der Waals surface area contributed by atoms with Crippen LogP contribution in [0.2, 0.25) is 0 Å². The van der Waals surface area contributed by atoms with Gasteiger partial charge in [0.25, 0.3) is 0 Å². The first-order valence-electron chi connectivity index (χ1n) is 4.94. The normalized spacial score (nSPS) is 10.1. The van der Waals surface area contributed by atoms with Crippen LogP contribution in [0.15, 0.2) is 36.7 Å². The highest BCUT2D eigenvalue weighted by atomic mass is 16.5. The molecule has 0 aliphatic heterocycles. The topological polar surface area (TPSA) is 55.2 Å². The summed E-state index contributed by atoms with van der Waals surface area (Å²) in [4.78, 5) is 7.95. The van der Waals surface area contributed by atoms with Crippen LogP contribution >= 0.6 is 0 Å². The average molecular weight is 216 g/mol. The first-order valence-corrected chi connectivity index (χ1v) is 4.94. The molecule has 82 valence electrons. The van der Waals surface area contributed by atoms with Crippen molar-refractivity contribution in [2.75, 3.05) is 0 Å². The zero-order valence-electron chi connectivity index (χ0n) is 8.92. The van der Waals surface area contributed by atoms with E-state index in [2.05, 4.69) is 9.97 Å². The highest BCUT2D eigenvalue weighted by Gasteiger charge is 2.00. The van der Waals surface area contributed by atoms with Crippen LogP contribution in [-0.2, 0) is 6.61 Å². The van der Waals surface area contributed by atoms with Crippen molar-refractivity contribution in [3.05, 3.63) is 47.8 Å². The average Bonchev–Trinajstić information content (AvgIpc) is 2.33. The quantitative estimate of drug-likeness (QED) is 0.853. The molecule has 1 aromatic carbocycles. The molecule has 2 rings (SSSR count). The largest absolute Gasteiger partial charge is 0.424 e. The number of aliphatic hydroxyl groups excluding tert-OH is 1. The van der Waals surface area contributed by atoms with Crippen LogP contribution in [0, 0.1) is 6.92 Å². The number of hydrogen-bond donors (Lipinski definition) is 1. The zero-order chi connectivity index (χ0) is 11.4. The summed E-state index contributed by atoms with van der Waals surface area (Å²) in [5.74, 6) is 0.697. The van der Waals surface area contributed by atoms with Crippen LogP contribution in [0.1, 0.15) is 11.1 Å². The van der Waals surface area contributed by atoms with Gasteiger partial charge in [-0.3, -0.25) is 0 Å². The van der Waals surface area contributed by atoms with Crippen LogP contribution in [0.4, 0.5) is 0 Å². The maximum absolute atomic E-state index is 8.83. The van der Waals surface area contributed by atoms with Crippen LogP contribution in [0.5, 0.6) is 11.8 Å². The lowest BCUT2D eigenvalue weighted by Crippen LogP contribution is -1.93. The zero-order valence-corrected chi connectivity index (χ0v) is 8.92. The van der Waals surface area contributed by atoms with E-state index in [1.165, 1.54) is 18.0 Å². The second-order valence-corrected chi connectivity index (χ2v) is 3.45. The van der Waals surface area contributed by atoms with Crippen molar-refractivity contribution in [2.24, 2.45) is 0 Å². The molecule has 2 aromatic rings. The smallest absolute Gasteiger partial charge is 0.321 e. The van der Waals surface area contributed by atoms with Gasteiger partial charge in [-0.25, -0.2) is 9.97 Å². The number of benzene rings is 1. The molecular weight excluding hydrogens is 204 g/mol. The Labute approximate surface area is 93.6 Å². The molecule has 4 nitrogen and oxygen atoms in total. The third kappa shape index (κ3) is 2.55. The van der Waals surface area contributed by atoms with Crippen LogP contribution in [0.25, 0.3) is 0 Å². The molecule has 0 unspecified atom stereocenters. The summed E-state index contributed by atoms with van der Waals surface area (Å²) >= 11 is 0. The van der Waals surface area contributed by atoms with E-state index in [9.17, 15) is 0 Å². The summed E-state index contributed by atoms with van der Waals surface area (Å²) in [6.07, 6.45) is 3.08. The summed E-state index contributed by atoms with van der Waals surface area (Å²) < 4.78 is 5.43. The van der Waals surface area contributed by atoms with E-state index in [0.717, 1.165) is 0 Å². The molecule has 0 saturated heterocycles. The summed E-state index contributed by atoms with van der Waals surface area (Å²) in [5, 5.41) is 8.83. The van der Waals surface area contributed by atoms with Gasteiger partial charge in [0.15, 0.2) is 0 Å². The molecule has 1 heterocycles. The molecule has 4 heteroatoms. The van der Waals surface area contributed by atoms with Gasteiger partial charge in [0.1, 0.15) is 5.75 Å².